The Balaban J connectivity index is 0.00000151. The molecule has 0 N–H and O–H groups in total. The van der Waals surface area contributed by atoms with Crippen LogP contribution in [0.15, 0.2) is 48.5 Å². The molecule has 25 heavy (non-hydrogen) atoms. The van der Waals surface area contributed by atoms with Gasteiger partial charge in [-0.3, -0.25) is 0 Å². The first-order valence-electron chi connectivity index (χ1n) is 8.25. The van der Waals surface area contributed by atoms with E-state index in [9.17, 15) is 4.79 Å². The van der Waals surface area contributed by atoms with Gasteiger partial charge in [0.05, 0.1) is 19.3 Å². The van der Waals surface area contributed by atoms with E-state index in [2.05, 4.69) is 0 Å². The van der Waals surface area contributed by atoms with Crippen molar-refractivity contribution < 1.29 is 23.7 Å². The number of carbonyl (C=O) groups is 1. The van der Waals surface area contributed by atoms with Crippen LogP contribution in [0.4, 0.5) is 0 Å². The number of benzene rings is 2. The summed E-state index contributed by atoms with van der Waals surface area (Å²) in [4.78, 5) is 11.8. The number of methoxy groups -OCH3 is 2. The molecule has 0 unspecified atom stereocenters. The van der Waals surface area contributed by atoms with Gasteiger partial charge in [-0.1, -0.05) is 44.2 Å². The van der Waals surface area contributed by atoms with E-state index in [-0.39, 0.29) is 0 Å². The van der Waals surface area contributed by atoms with E-state index in [0.29, 0.717) is 36.9 Å². The van der Waals surface area contributed by atoms with E-state index in [1.54, 1.807) is 25.3 Å². The third-order valence-corrected chi connectivity index (χ3v) is 3.11. The topological polar surface area (TPSA) is 54.0 Å². The molecule has 0 aliphatic heterocycles. The zero-order valence-electron chi connectivity index (χ0n) is 15.3. The van der Waals surface area contributed by atoms with Crippen molar-refractivity contribution in [2.45, 2.75) is 20.5 Å². The Morgan fingerprint density at radius 3 is 2.12 bits per heavy atom. The average molecular weight is 346 g/mol. The summed E-state index contributed by atoms with van der Waals surface area (Å²) < 4.78 is 21.0. The molecule has 0 saturated heterocycles. The first-order chi connectivity index (χ1) is 12.2. The minimum Gasteiger partial charge on any atom is -0.491 e. The highest BCUT2D eigenvalue weighted by molar-refractivity contribution is 5.90. The van der Waals surface area contributed by atoms with Gasteiger partial charge in [0.1, 0.15) is 24.7 Å². The zero-order chi connectivity index (χ0) is 18.5. The Hall–Kier alpha value is -2.53. The van der Waals surface area contributed by atoms with Gasteiger partial charge in [-0.05, 0) is 17.7 Å². The van der Waals surface area contributed by atoms with Crippen molar-refractivity contribution in [3.05, 3.63) is 59.7 Å². The maximum atomic E-state index is 11.8. The quantitative estimate of drug-likeness (QED) is 0.532. The van der Waals surface area contributed by atoms with Crippen LogP contribution in [-0.2, 0) is 16.1 Å². The predicted octanol–water partition coefficient (Wildman–Crippen LogP) is 4.10. The van der Waals surface area contributed by atoms with Gasteiger partial charge in [0.15, 0.2) is 0 Å². The first-order valence-corrected chi connectivity index (χ1v) is 8.25. The normalized spacial score (nSPS) is 9.60. The van der Waals surface area contributed by atoms with Crippen LogP contribution in [0.1, 0.15) is 29.8 Å². The summed E-state index contributed by atoms with van der Waals surface area (Å²) in [6.07, 6.45) is 0. The summed E-state index contributed by atoms with van der Waals surface area (Å²) in [7, 11) is 2.94. The predicted molar refractivity (Wildman–Crippen MR) is 97.3 cm³/mol. The highest BCUT2D eigenvalue weighted by Gasteiger charge is 2.11. The van der Waals surface area contributed by atoms with E-state index in [0.717, 1.165) is 5.56 Å². The fourth-order valence-electron chi connectivity index (χ4n) is 1.96. The molecule has 0 radical (unpaired) electrons. The third-order valence-electron chi connectivity index (χ3n) is 3.11. The van der Waals surface area contributed by atoms with Gasteiger partial charge in [0.25, 0.3) is 0 Å². The number of rotatable bonds is 8. The second-order valence-corrected chi connectivity index (χ2v) is 4.80. The maximum Gasteiger partial charge on any atom is 0.338 e. The molecule has 0 saturated carbocycles. The lowest BCUT2D eigenvalue weighted by Crippen LogP contribution is -2.07. The lowest BCUT2D eigenvalue weighted by Gasteiger charge is -2.11. The smallest absolute Gasteiger partial charge is 0.338 e. The van der Waals surface area contributed by atoms with Gasteiger partial charge in [0, 0.05) is 13.2 Å². The van der Waals surface area contributed by atoms with Crippen molar-refractivity contribution >= 4 is 5.97 Å². The average Bonchev–Trinajstić information content (AvgIpc) is 2.68. The molecule has 5 nitrogen and oxygen atoms in total. The molecule has 136 valence electrons. The SMILES string of the molecule is CC.COCCOc1cc(OCc2ccccc2)cc(C(=O)OC)c1. The Labute approximate surface area is 149 Å². The Morgan fingerprint density at radius 2 is 1.52 bits per heavy atom. The van der Waals surface area contributed by atoms with Gasteiger partial charge < -0.3 is 18.9 Å². The van der Waals surface area contributed by atoms with Crippen LogP contribution in [-0.4, -0.2) is 33.4 Å². The molecule has 0 atom stereocenters. The van der Waals surface area contributed by atoms with Gasteiger partial charge in [-0.2, -0.15) is 0 Å². The molecular weight excluding hydrogens is 320 g/mol. The largest absolute Gasteiger partial charge is 0.491 e. The van der Waals surface area contributed by atoms with Crippen molar-refractivity contribution in [1.82, 2.24) is 0 Å². The van der Waals surface area contributed by atoms with Gasteiger partial charge in [0.2, 0.25) is 0 Å². The van der Waals surface area contributed by atoms with Crippen LogP contribution in [0.5, 0.6) is 11.5 Å². The highest BCUT2D eigenvalue weighted by Crippen LogP contribution is 2.24. The first kappa shape index (κ1) is 20.5. The van der Waals surface area contributed by atoms with Crippen LogP contribution in [0.3, 0.4) is 0 Å². The van der Waals surface area contributed by atoms with Gasteiger partial charge in [-0.25, -0.2) is 4.79 Å². The standard InChI is InChI=1S/C18H20O5.C2H6/c1-20-8-9-22-16-10-15(18(19)21-2)11-17(12-16)23-13-14-6-4-3-5-7-14;1-2/h3-7,10-12H,8-9,13H2,1-2H3;1-2H3. The van der Waals surface area contributed by atoms with Crippen molar-refractivity contribution in [1.29, 1.82) is 0 Å². The van der Waals surface area contributed by atoms with Crippen LogP contribution in [0.2, 0.25) is 0 Å². The maximum absolute atomic E-state index is 11.8. The molecule has 2 aromatic rings. The third kappa shape index (κ3) is 7.27. The monoisotopic (exact) mass is 346 g/mol. The lowest BCUT2D eigenvalue weighted by molar-refractivity contribution is 0.0599. The molecule has 0 fully saturated rings. The van der Waals surface area contributed by atoms with Crippen LogP contribution < -0.4 is 9.47 Å². The Bertz CT molecular complexity index is 625. The molecular formula is C20H26O5. The van der Waals surface area contributed by atoms with E-state index >= 15 is 0 Å². The Morgan fingerprint density at radius 1 is 0.880 bits per heavy atom. The molecule has 2 aromatic carbocycles. The minimum atomic E-state index is -0.438. The second-order valence-electron chi connectivity index (χ2n) is 4.80. The van der Waals surface area contributed by atoms with Crippen molar-refractivity contribution in [3.8, 4) is 11.5 Å². The van der Waals surface area contributed by atoms with Crippen molar-refractivity contribution in [3.63, 3.8) is 0 Å². The zero-order valence-corrected chi connectivity index (χ0v) is 15.3. The van der Waals surface area contributed by atoms with Gasteiger partial charge >= 0.3 is 5.97 Å². The van der Waals surface area contributed by atoms with E-state index in [4.69, 9.17) is 18.9 Å². The molecule has 0 aromatic heterocycles. The molecule has 0 amide bonds. The number of ether oxygens (including phenoxy) is 4. The van der Waals surface area contributed by atoms with E-state index in [1.165, 1.54) is 7.11 Å². The van der Waals surface area contributed by atoms with Crippen molar-refractivity contribution in [2.24, 2.45) is 0 Å². The molecule has 0 spiro atoms. The summed E-state index contributed by atoms with van der Waals surface area (Å²) in [5.41, 5.74) is 1.42. The minimum absolute atomic E-state index is 0.380. The molecule has 0 heterocycles. The lowest BCUT2D eigenvalue weighted by atomic mass is 10.2. The van der Waals surface area contributed by atoms with Gasteiger partial charge in [-0.15, -0.1) is 0 Å². The van der Waals surface area contributed by atoms with Crippen molar-refractivity contribution in [2.75, 3.05) is 27.4 Å². The number of hydrogen-bond acceptors (Lipinski definition) is 5. The highest BCUT2D eigenvalue weighted by atomic mass is 16.5. The fourth-order valence-corrected chi connectivity index (χ4v) is 1.96. The number of hydrogen-bond donors (Lipinski definition) is 0. The summed E-state index contributed by atoms with van der Waals surface area (Å²) in [6, 6.07) is 14.8. The fraction of sp³-hybridized carbons (Fsp3) is 0.350. The molecule has 5 heteroatoms. The molecule has 0 aliphatic carbocycles. The summed E-state index contributed by atoms with van der Waals surface area (Å²) >= 11 is 0. The number of carbonyl (C=O) groups excluding carboxylic acids is 1. The molecule has 0 bridgehead atoms. The molecule has 0 aliphatic rings. The summed E-state index contributed by atoms with van der Waals surface area (Å²) in [5, 5.41) is 0. The molecule has 2 rings (SSSR count). The van der Waals surface area contributed by atoms with Crippen LogP contribution >= 0.6 is 0 Å². The second kappa shape index (κ2) is 11.9. The van der Waals surface area contributed by atoms with E-state index < -0.39 is 5.97 Å². The van der Waals surface area contributed by atoms with Crippen LogP contribution in [0, 0.1) is 0 Å². The summed E-state index contributed by atoms with van der Waals surface area (Å²) in [5.74, 6) is 0.643. The van der Waals surface area contributed by atoms with Crippen LogP contribution in [0.25, 0.3) is 0 Å². The summed E-state index contributed by atoms with van der Waals surface area (Å²) in [6.45, 7) is 5.25. The Kier molecular flexibility index (Phi) is 9.78. The number of esters is 1. The van der Waals surface area contributed by atoms with E-state index in [1.807, 2.05) is 44.2 Å².